The zero-order chi connectivity index (χ0) is 26.7. The predicted molar refractivity (Wildman–Crippen MR) is 128 cm³/mol. The number of aliphatic hydroxyl groups is 2. The number of amides is 1. The van der Waals surface area contributed by atoms with Gasteiger partial charge in [-0.25, -0.2) is 4.39 Å². The summed E-state index contributed by atoms with van der Waals surface area (Å²) < 4.78 is 56.6. The van der Waals surface area contributed by atoms with Crippen molar-refractivity contribution in [3.05, 3.63) is 53.3 Å². The van der Waals surface area contributed by atoms with E-state index in [0.29, 0.717) is 68.6 Å². The Morgan fingerprint density at radius 3 is 2.47 bits per heavy atom. The highest BCUT2D eigenvalue weighted by Gasteiger charge is 2.54. The number of alkyl halides is 2. The number of carbonyl (C=O) groups excluding carboxylic acids is 1. The van der Waals surface area contributed by atoms with Gasteiger partial charge in [-0.15, -0.1) is 8.78 Å². The number of benzene rings is 2. The Kier molecular flexibility index (Phi) is 6.00. The molecular formula is C27H29F3N2O6. The van der Waals surface area contributed by atoms with Crippen LogP contribution in [0.25, 0.3) is 0 Å². The average molecular weight is 535 g/mol. The van der Waals surface area contributed by atoms with Crippen molar-refractivity contribution in [3.63, 3.8) is 0 Å². The van der Waals surface area contributed by atoms with Crippen LogP contribution in [-0.2, 0) is 10.2 Å². The lowest BCUT2D eigenvalue weighted by Crippen LogP contribution is -2.53. The molecule has 2 unspecified atom stereocenters. The van der Waals surface area contributed by atoms with E-state index in [-0.39, 0.29) is 24.0 Å². The Morgan fingerprint density at radius 1 is 1.03 bits per heavy atom. The smallest absolute Gasteiger partial charge is 0.487 e. The van der Waals surface area contributed by atoms with Gasteiger partial charge in [0.15, 0.2) is 11.5 Å². The number of piperidine rings is 1. The van der Waals surface area contributed by atoms with Crippen molar-refractivity contribution >= 4 is 5.91 Å². The highest BCUT2D eigenvalue weighted by atomic mass is 19.3. The van der Waals surface area contributed by atoms with Gasteiger partial charge in [0, 0.05) is 37.7 Å². The number of nitrogens with one attached hydrogen (secondary N) is 1. The van der Waals surface area contributed by atoms with Crippen LogP contribution in [0.1, 0.15) is 49.3 Å². The van der Waals surface area contributed by atoms with Crippen molar-refractivity contribution < 1.29 is 42.4 Å². The molecule has 0 aromatic heterocycles. The number of nitrogens with zero attached hydrogens (tertiary/aromatic N) is 1. The largest absolute Gasteiger partial charge is 0.586 e. The third-order valence-electron chi connectivity index (χ3n) is 8.14. The first-order chi connectivity index (χ1) is 18.1. The maximum absolute atomic E-state index is 14.2. The number of fused-ring (bicyclic) bond motifs is 2. The van der Waals surface area contributed by atoms with E-state index in [1.165, 1.54) is 24.3 Å². The van der Waals surface area contributed by atoms with Gasteiger partial charge < -0.3 is 34.6 Å². The monoisotopic (exact) mass is 534 g/mol. The van der Waals surface area contributed by atoms with Gasteiger partial charge in [-0.3, -0.25) is 4.79 Å². The number of rotatable bonds is 6. The molecule has 3 heterocycles. The quantitative estimate of drug-likeness (QED) is 0.524. The zero-order valence-corrected chi connectivity index (χ0v) is 20.6. The summed E-state index contributed by atoms with van der Waals surface area (Å²) >= 11 is 0. The molecule has 1 aliphatic carbocycles. The van der Waals surface area contributed by atoms with Gasteiger partial charge >= 0.3 is 6.29 Å². The van der Waals surface area contributed by atoms with Crippen LogP contribution >= 0.6 is 0 Å². The first kappa shape index (κ1) is 25.3. The van der Waals surface area contributed by atoms with Gasteiger partial charge in [0.05, 0.1) is 24.2 Å². The lowest BCUT2D eigenvalue weighted by molar-refractivity contribution is -0.286. The van der Waals surface area contributed by atoms with Crippen molar-refractivity contribution in [1.29, 1.82) is 0 Å². The number of hydrogen-bond acceptors (Lipinski definition) is 7. The van der Waals surface area contributed by atoms with Crippen LogP contribution in [0.5, 0.6) is 17.2 Å². The maximum Gasteiger partial charge on any atom is 0.586 e. The van der Waals surface area contributed by atoms with Gasteiger partial charge in [0.2, 0.25) is 5.91 Å². The summed E-state index contributed by atoms with van der Waals surface area (Å²) in [6.45, 7) is 1.27. The highest BCUT2D eigenvalue weighted by Crippen LogP contribution is 2.53. The molecule has 1 saturated heterocycles. The van der Waals surface area contributed by atoms with E-state index < -0.39 is 35.3 Å². The number of hydrogen-bond donors (Lipinski definition) is 3. The topological polar surface area (TPSA) is 100 Å². The first-order valence-corrected chi connectivity index (χ1v) is 12.8. The summed E-state index contributed by atoms with van der Waals surface area (Å²) in [5.74, 6) is -0.458. The summed E-state index contributed by atoms with van der Waals surface area (Å²) in [6.07, 6.45) is -1.75. The number of aliphatic hydroxyl groups excluding tert-OH is 2. The molecule has 0 radical (unpaired) electrons. The summed E-state index contributed by atoms with van der Waals surface area (Å²) in [5, 5.41) is 22.1. The molecule has 6 rings (SSSR count). The van der Waals surface area contributed by atoms with E-state index in [4.69, 9.17) is 9.84 Å². The van der Waals surface area contributed by atoms with E-state index in [0.717, 1.165) is 0 Å². The van der Waals surface area contributed by atoms with Crippen LogP contribution in [0.15, 0.2) is 36.4 Å². The first-order valence-electron chi connectivity index (χ1n) is 12.8. The normalized spacial score (nSPS) is 24.8. The summed E-state index contributed by atoms with van der Waals surface area (Å²) in [6, 6.07) is 8.30. The zero-order valence-electron chi connectivity index (χ0n) is 20.6. The molecule has 2 aromatic rings. The average Bonchev–Trinajstić information content (AvgIpc) is 3.62. The number of β-amino-alcohol motifs (C(OH)–C–C–N with tert-alkyl or cyclic N) is 1. The Morgan fingerprint density at radius 2 is 1.76 bits per heavy atom. The van der Waals surface area contributed by atoms with Gasteiger partial charge in [-0.1, -0.05) is 12.1 Å². The fraction of sp³-hybridized carbons (Fsp3) is 0.519. The van der Waals surface area contributed by atoms with Crippen molar-refractivity contribution in [2.24, 2.45) is 0 Å². The van der Waals surface area contributed by atoms with Crippen LogP contribution < -0.4 is 19.5 Å². The van der Waals surface area contributed by atoms with Crippen molar-refractivity contribution in [2.75, 3.05) is 26.2 Å². The molecule has 3 N–H and O–H groups in total. The second-order valence-corrected chi connectivity index (χ2v) is 10.7. The molecule has 2 aromatic carbocycles. The van der Waals surface area contributed by atoms with Crippen LogP contribution in [0.3, 0.4) is 0 Å². The van der Waals surface area contributed by atoms with Crippen LogP contribution in [0.4, 0.5) is 13.2 Å². The molecule has 11 heteroatoms. The third kappa shape index (κ3) is 4.56. The number of halogens is 3. The Hall–Kier alpha value is -3.02. The minimum Gasteiger partial charge on any atom is -0.487 e. The van der Waals surface area contributed by atoms with Crippen molar-refractivity contribution in [1.82, 2.24) is 10.2 Å². The van der Waals surface area contributed by atoms with E-state index in [1.54, 1.807) is 12.1 Å². The molecule has 2 atom stereocenters. The fourth-order valence-electron chi connectivity index (χ4n) is 5.89. The number of carbonyl (C=O) groups is 1. The molecular weight excluding hydrogens is 505 g/mol. The molecule has 1 amide bonds. The summed E-state index contributed by atoms with van der Waals surface area (Å²) in [4.78, 5) is 15.7. The Bertz CT molecular complexity index is 1250. The number of ether oxygens (including phenoxy) is 3. The molecule has 204 valence electrons. The third-order valence-corrected chi connectivity index (χ3v) is 8.14. The number of likely N-dealkylation sites (tertiary alicyclic amines) is 1. The van der Waals surface area contributed by atoms with Gasteiger partial charge in [-0.2, -0.15) is 0 Å². The second kappa shape index (κ2) is 9.03. The fourth-order valence-corrected chi connectivity index (χ4v) is 5.89. The highest BCUT2D eigenvalue weighted by molar-refractivity contribution is 5.92. The lowest BCUT2D eigenvalue weighted by atomic mass is 9.80. The van der Waals surface area contributed by atoms with E-state index in [2.05, 4.69) is 14.8 Å². The second-order valence-electron chi connectivity index (χ2n) is 10.7. The molecule has 1 saturated carbocycles. The molecule has 1 spiro atoms. The minimum atomic E-state index is -3.74. The molecule has 4 aliphatic rings. The van der Waals surface area contributed by atoms with E-state index in [1.807, 2.05) is 4.90 Å². The molecule has 0 bridgehead atoms. The molecule has 2 fully saturated rings. The minimum absolute atomic E-state index is 0.0740. The maximum atomic E-state index is 14.2. The van der Waals surface area contributed by atoms with E-state index in [9.17, 15) is 23.1 Å². The Labute approximate surface area is 217 Å². The van der Waals surface area contributed by atoms with Gasteiger partial charge in [-0.05, 0) is 49.4 Å². The van der Waals surface area contributed by atoms with Crippen LogP contribution in [0, 0.1) is 5.82 Å². The Balaban J connectivity index is 1.22. The van der Waals surface area contributed by atoms with E-state index >= 15 is 0 Å². The van der Waals surface area contributed by atoms with Crippen molar-refractivity contribution in [2.45, 2.75) is 61.6 Å². The lowest BCUT2D eigenvalue weighted by Gasteiger charge is -2.47. The molecule has 38 heavy (non-hydrogen) atoms. The van der Waals surface area contributed by atoms with Gasteiger partial charge in [0.1, 0.15) is 17.2 Å². The van der Waals surface area contributed by atoms with Gasteiger partial charge in [0.25, 0.3) is 0 Å². The summed E-state index contributed by atoms with van der Waals surface area (Å²) in [7, 11) is 0. The molecule has 8 nitrogen and oxygen atoms in total. The predicted octanol–water partition coefficient (Wildman–Crippen LogP) is 3.01. The molecule has 3 aliphatic heterocycles. The SMILES string of the molecule is O=C(NC1CC2(CCN(CC(O)CO)CC2)Oc2cc(F)ccc21)C1(c2ccc3c(c2)OC(F)(F)O3)CC1. The summed E-state index contributed by atoms with van der Waals surface area (Å²) in [5.41, 5.74) is -0.233. The van der Waals surface area contributed by atoms with Crippen LogP contribution in [-0.4, -0.2) is 65.3 Å². The van der Waals surface area contributed by atoms with Crippen molar-refractivity contribution in [3.8, 4) is 17.2 Å². The standard InChI is InChI=1S/C27H29F3N2O6/c28-17-2-3-19-20(13-25(36-22(19)12-17)7-9-32(10-8-25)14-18(34)15-33)31-24(35)26(5-6-26)16-1-4-21-23(11-16)38-27(29,30)37-21/h1-4,11-12,18,20,33-34H,5-10,13-15H2,(H,31,35). The van der Waals surface area contributed by atoms with Crippen LogP contribution in [0.2, 0.25) is 0 Å².